The number of nitrogens with two attached hydrogens (primary N) is 1. The summed E-state index contributed by atoms with van der Waals surface area (Å²) in [5, 5.41) is 0. The van der Waals surface area contributed by atoms with Crippen LogP contribution >= 0.6 is 12.4 Å². The fourth-order valence-corrected chi connectivity index (χ4v) is 2.45. The molecular formula is C13H27ClN2O2. The van der Waals surface area contributed by atoms with Crippen molar-refractivity contribution in [3.8, 4) is 0 Å². The van der Waals surface area contributed by atoms with Gasteiger partial charge >= 0.3 is 0 Å². The van der Waals surface area contributed by atoms with E-state index in [1.807, 2.05) is 18.7 Å². The van der Waals surface area contributed by atoms with Crippen LogP contribution in [0, 0.1) is 5.92 Å². The lowest BCUT2D eigenvalue weighted by molar-refractivity contribution is -0.137. The zero-order valence-corrected chi connectivity index (χ0v) is 12.4. The first-order valence-electron chi connectivity index (χ1n) is 6.81. The Morgan fingerprint density at radius 2 is 2.11 bits per heavy atom. The molecule has 0 spiro atoms. The highest BCUT2D eigenvalue weighted by atomic mass is 35.5. The second-order valence-electron chi connectivity index (χ2n) is 4.74. The van der Waals surface area contributed by atoms with E-state index in [2.05, 4.69) is 0 Å². The summed E-state index contributed by atoms with van der Waals surface area (Å²) in [7, 11) is 0. The van der Waals surface area contributed by atoms with E-state index in [0.29, 0.717) is 19.8 Å². The second-order valence-corrected chi connectivity index (χ2v) is 4.74. The zero-order chi connectivity index (χ0) is 12.7. The first kappa shape index (κ1) is 17.7. The van der Waals surface area contributed by atoms with E-state index in [-0.39, 0.29) is 30.3 Å². The van der Waals surface area contributed by atoms with Gasteiger partial charge in [-0.3, -0.25) is 4.79 Å². The molecule has 1 rings (SSSR count). The summed E-state index contributed by atoms with van der Waals surface area (Å²) < 4.78 is 5.31. The number of likely N-dealkylation sites (N-methyl/N-ethyl adjacent to an activating group) is 1. The highest BCUT2D eigenvalue weighted by Crippen LogP contribution is 2.24. The van der Waals surface area contributed by atoms with Crippen molar-refractivity contribution < 1.29 is 9.53 Å². The Balaban J connectivity index is 0.00000289. The normalized spacial score (nSPS) is 23.3. The molecule has 0 radical (unpaired) electrons. The first-order chi connectivity index (χ1) is 8.19. The van der Waals surface area contributed by atoms with Gasteiger partial charge in [0.25, 0.3) is 0 Å². The van der Waals surface area contributed by atoms with Crippen LogP contribution < -0.4 is 5.73 Å². The molecule has 1 aliphatic carbocycles. The summed E-state index contributed by atoms with van der Waals surface area (Å²) in [6, 6.07) is 0.211. The topological polar surface area (TPSA) is 55.6 Å². The molecule has 0 heterocycles. The number of nitrogens with zero attached hydrogens (tertiary/aromatic N) is 1. The molecule has 1 amide bonds. The molecule has 4 nitrogen and oxygen atoms in total. The molecular weight excluding hydrogens is 252 g/mol. The summed E-state index contributed by atoms with van der Waals surface area (Å²) in [6.07, 6.45) is 4.00. The molecule has 1 saturated carbocycles. The number of hydrogen-bond donors (Lipinski definition) is 1. The maximum Gasteiger partial charge on any atom is 0.225 e. The molecule has 1 fully saturated rings. The maximum absolute atomic E-state index is 12.3. The number of amides is 1. The van der Waals surface area contributed by atoms with Gasteiger partial charge < -0.3 is 15.4 Å². The number of hydrogen-bond acceptors (Lipinski definition) is 3. The van der Waals surface area contributed by atoms with Crippen molar-refractivity contribution in [1.29, 1.82) is 0 Å². The highest BCUT2D eigenvalue weighted by molar-refractivity contribution is 5.85. The van der Waals surface area contributed by atoms with Gasteiger partial charge in [-0.05, 0) is 33.1 Å². The van der Waals surface area contributed by atoms with Gasteiger partial charge in [-0.15, -0.1) is 12.4 Å². The molecule has 0 aromatic rings. The Labute approximate surface area is 117 Å². The Morgan fingerprint density at radius 1 is 1.39 bits per heavy atom. The smallest absolute Gasteiger partial charge is 0.225 e. The third-order valence-electron chi connectivity index (χ3n) is 3.47. The SMILES string of the molecule is CCOCCN(CC)C(=O)C1CCCC(N)C1.Cl. The summed E-state index contributed by atoms with van der Waals surface area (Å²) >= 11 is 0. The van der Waals surface area contributed by atoms with Crippen LogP contribution in [0.1, 0.15) is 39.5 Å². The number of rotatable bonds is 6. The molecule has 2 atom stereocenters. The Kier molecular flexibility index (Phi) is 9.42. The summed E-state index contributed by atoms with van der Waals surface area (Å²) in [5.41, 5.74) is 5.93. The molecule has 0 saturated heterocycles. The number of halogens is 1. The highest BCUT2D eigenvalue weighted by Gasteiger charge is 2.28. The lowest BCUT2D eigenvalue weighted by Gasteiger charge is -2.30. The van der Waals surface area contributed by atoms with Crippen LogP contribution in [0.2, 0.25) is 0 Å². The van der Waals surface area contributed by atoms with Crippen molar-refractivity contribution in [2.24, 2.45) is 11.7 Å². The molecule has 0 aromatic heterocycles. The van der Waals surface area contributed by atoms with E-state index < -0.39 is 0 Å². The van der Waals surface area contributed by atoms with Gasteiger partial charge in [0.05, 0.1) is 6.61 Å². The standard InChI is InChI=1S/C13H26N2O2.ClH/c1-3-15(8-9-17-4-2)13(16)11-6-5-7-12(14)10-11;/h11-12H,3-10,14H2,1-2H3;1H. The predicted molar refractivity (Wildman–Crippen MR) is 75.9 cm³/mol. The van der Waals surface area contributed by atoms with Gasteiger partial charge in [-0.1, -0.05) is 6.42 Å². The third-order valence-corrected chi connectivity index (χ3v) is 3.47. The first-order valence-corrected chi connectivity index (χ1v) is 6.81. The lowest BCUT2D eigenvalue weighted by atomic mass is 9.85. The average molecular weight is 279 g/mol. The van der Waals surface area contributed by atoms with E-state index in [9.17, 15) is 4.79 Å². The molecule has 0 aromatic carbocycles. The van der Waals surface area contributed by atoms with E-state index in [1.165, 1.54) is 0 Å². The van der Waals surface area contributed by atoms with Crippen LogP contribution in [0.5, 0.6) is 0 Å². The maximum atomic E-state index is 12.3. The van der Waals surface area contributed by atoms with E-state index in [1.54, 1.807) is 0 Å². The molecule has 2 unspecified atom stereocenters. The Hall–Kier alpha value is -0.320. The van der Waals surface area contributed by atoms with E-state index in [4.69, 9.17) is 10.5 Å². The molecule has 108 valence electrons. The van der Waals surface area contributed by atoms with Gasteiger partial charge in [0.1, 0.15) is 0 Å². The largest absolute Gasteiger partial charge is 0.380 e. The molecule has 1 aliphatic rings. The fraction of sp³-hybridized carbons (Fsp3) is 0.923. The van der Waals surface area contributed by atoms with Gasteiger partial charge in [-0.25, -0.2) is 0 Å². The van der Waals surface area contributed by atoms with Crippen LogP contribution in [-0.4, -0.2) is 43.2 Å². The number of carbonyl (C=O) groups excluding carboxylic acids is 1. The van der Waals surface area contributed by atoms with Gasteiger partial charge in [0, 0.05) is 31.7 Å². The van der Waals surface area contributed by atoms with E-state index in [0.717, 1.165) is 32.2 Å². The summed E-state index contributed by atoms with van der Waals surface area (Å²) in [5.74, 6) is 0.405. The molecule has 2 N–H and O–H groups in total. The molecule has 0 bridgehead atoms. The third kappa shape index (κ3) is 5.55. The van der Waals surface area contributed by atoms with Gasteiger partial charge in [0.2, 0.25) is 5.91 Å². The van der Waals surface area contributed by atoms with Crippen molar-refractivity contribution in [2.75, 3.05) is 26.3 Å². The van der Waals surface area contributed by atoms with Crippen molar-refractivity contribution in [3.05, 3.63) is 0 Å². The Morgan fingerprint density at radius 3 is 2.67 bits per heavy atom. The van der Waals surface area contributed by atoms with Crippen LogP contribution in [0.15, 0.2) is 0 Å². The van der Waals surface area contributed by atoms with Crippen LogP contribution in [-0.2, 0) is 9.53 Å². The second kappa shape index (κ2) is 9.59. The minimum Gasteiger partial charge on any atom is -0.380 e. The molecule has 18 heavy (non-hydrogen) atoms. The molecule has 5 heteroatoms. The predicted octanol–water partition coefficient (Wildman–Crippen LogP) is 1.81. The van der Waals surface area contributed by atoms with Crippen molar-refractivity contribution in [2.45, 2.75) is 45.6 Å². The molecule has 0 aliphatic heterocycles. The minimum atomic E-state index is 0. The van der Waals surface area contributed by atoms with Crippen molar-refractivity contribution in [3.63, 3.8) is 0 Å². The van der Waals surface area contributed by atoms with Crippen molar-refractivity contribution >= 4 is 18.3 Å². The van der Waals surface area contributed by atoms with Gasteiger partial charge in [-0.2, -0.15) is 0 Å². The summed E-state index contributed by atoms with van der Waals surface area (Å²) in [6.45, 7) is 6.80. The number of carbonyl (C=O) groups is 1. The number of ether oxygens (including phenoxy) is 1. The quantitative estimate of drug-likeness (QED) is 0.754. The lowest BCUT2D eigenvalue weighted by Crippen LogP contribution is -2.42. The fourth-order valence-electron chi connectivity index (χ4n) is 2.45. The zero-order valence-electron chi connectivity index (χ0n) is 11.6. The summed E-state index contributed by atoms with van der Waals surface area (Å²) in [4.78, 5) is 14.2. The van der Waals surface area contributed by atoms with Crippen LogP contribution in [0.4, 0.5) is 0 Å². The minimum absolute atomic E-state index is 0. The monoisotopic (exact) mass is 278 g/mol. The van der Waals surface area contributed by atoms with Gasteiger partial charge in [0.15, 0.2) is 0 Å². The Bertz CT molecular complexity index is 239. The van der Waals surface area contributed by atoms with Crippen LogP contribution in [0.3, 0.4) is 0 Å². The van der Waals surface area contributed by atoms with E-state index >= 15 is 0 Å². The van der Waals surface area contributed by atoms with Crippen molar-refractivity contribution in [1.82, 2.24) is 4.90 Å². The van der Waals surface area contributed by atoms with Crippen LogP contribution in [0.25, 0.3) is 0 Å². The average Bonchev–Trinajstić information content (AvgIpc) is 2.34.